The van der Waals surface area contributed by atoms with Crippen LogP contribution in [0.5, 0.6) is 0 Å². The summed E-state index contributed by atoms with van der Waals surface area (Å²) >= 11 is 0. The van der Waals surface area contributed by atoms with Crippen molar-refractivity contribution in [1.82, 2.24) is 0 Å². The van der Waals surface area contributed by atoms with Crippen molar-refractivity contribution < 1.29 is 31.4 Å². The number of rotatable bonds is 0. The Balaban J connectivity index is 0. The van der Waals surface area contributed by atoms with Crippen LogP contribution in [0.1, 0.15) is 0 Å². The molecule has 0 aliphatic rings. The maximum Gasteiger partial charge on any atom is 2.00 e. The second-order valence-electron chi connectivity index (χ2n) is 0.771. The summed E-state index contributed by atoms with van der Waals surface area (Å²) in [6.45, 7) is 0.632. The van der Waals surface area contributed by atoms with Gasteiger partial charge in [0.2, 0.25) is 0 Å². The first-order valence-corrected chi connectivity index (χ1v) is 2.98. The van der Waals surface area contributed by atoms with Crippen molar-refractivity contribution in [3.8, 4) is 0 Å². The molecule has 0 radical (unpaired) electrons. The van der Waals surface area contributed by atoms with Gasteiger partial charge in [-0.15, -0.1) is 0 Å². The van der Waals surface area contributed by atoms with E-state index in [0.29, 0.717) is 6.66 Å². The van der Waals surface area contributed by atoms with Crippen LogP contribution in [0.3, 0.4) is 0 Å². The molecule has 0 amide bonds. The Morgan fingerprint density at radius 3 is 1.50 bits per heavy atom. The van der Waals surface area contributed by atoms with Crippen LogP contribution in [-0.2, 0) is 21.6 Å². The van der Waals surface area contributed by atoms with Crippen molar-refractivity contribution in [3.05, 3.63) is 0 Å². The van der Waals surface area contributed by atoms with E-state index in [1.54, 1.807) is 0 Å². The van der Waals surface area contributed by atoms with Gasteiger partial charge in [-0.05, 0) is 6.66 Å². The van der Waals surface area contributed by atoms with E-state index in [9.17, 15) is 0 Å². The van der Waals surface area contributed by atoms with Crippen molar-refractivity contribution in [2.24, 2.45) is 0 Å². The molecule has 0 atom stereocenters. The summed E-state index contributed by atoms with van der Waals surface area (Å²) in [7, 11) is -4.14. The van der Waals surface area contributed by atoms with Gasteiger partial charge in [-0.3, -0.25) is 0 Å². The molecule has 0 rings (SSSR count). The van der Waals surface area contributed by atoms with Gasteiger partial charge in [0.15, 0.2) is 0 Å². The van der Waals surface area contributed by atoms with E-state index >= 15 is 0 Å². The van der Waals surface area contributed by atoms with Crippen LogP contribution in [0.4, 0.5) is 0 Å². The van der Waals surface area contributed by atoms with Gasteiger partial charge >= 0.3 is 17.1 Å². The molecule has 0 aromatic rings. The van der Waals surface area contributed by atoms with Crippen molar-refractivity contribution in [2.45, 2.75) is 0 Å². The van der Waals surface area contributed by atoms with Crippen molar-refractivity contribution in [1.29, 1.82) is 0 Å². The van der Waals surface area contributed by atoms with Crippen LogP contribution in [-0.4, -0.2) is 6.66 Å². The molecule has 0 N–H and O–H groups in total. The Morgan fingerprint density at radius 2 is 1.50 bits per heavy atom. The maximum absolute atomic E-state index is 9.10. The van der Waals surface area contributed by atoms with E-state index in [2.05, 4.69) is 0 Å². The van der Waals surface area contributed by atoms with Crippen LogP contribution in [0.25, 0.3) is 0 Å². The Hall–Kier alpha value is 0.669. The molecular formula is CH3FeO3P. The van der Waals surface area contributed by atoms with Gasteiger partial charge in [-0.1, -0.05) is 7.60 Å². The van der Waals surface area contributed by atoms with E-state index in [1.165, 1.54) is 0 Å². The third kappa shape index (κ3) is 140. The fraction of sp³-hybridized carbons (Fsp3) is 1.00. The topological polar surface area (TPSA) is 63.2 Å². The summed E-state index contributed by atoms with van der Waals surface area (Å²) in [5.74, 6) is 0. The molecule has 0 bridgehead atoms. The Kier molecular flexibility index (Phi) is 4.55. The SMILES string of the molecule is CP(=O)([O-])[O-].[Fe+2]. The third-order valence-electron chi connectivity index (χ3n) is 0. The smallest absolute Gasteiger partial charge is 0.811 e. The van der Waals surface area contributed by atoms with E-state index in [1.807, 2.05) is 0 Å². The monoisotopic (exact) mass is 150 g/mol. The second-order valence-corrected chi connectivity index (χ2v) is 2.31. The Labute approximate surface area is 46.4 Å². The molecule has 0 aliphatic heterocycles. The fourth-order valence-corrected chi connectivity index (χ4v) is 0. The minimum atomic E-state index is -4.14. The van der Waals surface area contributed by atoms with Crippen molar-refractivity contribution in [3.63, 3.8) is 0 Å². The average molecular weight is 150 g/mol. The quantitative estimate of drug-likeness (QED) is 0.312. The summed E-state index contributed by atoms with van der Waals surface area (Å²) in [4.78, 5) is 18.2. The van der Waals surface area contributed by atoms with Crippen molar-refractivity contribution >= 4 is 7.60 Å². The van der Waals surface area contributed by atoms with Gasteiger partial charge in [0, 0.05) is 0 Å². The number of hydrogen-bond acceptors (Lipinski definition) is 3. The molecule has 0 unspecified atom stereocenters. The van der Waals surface area contributed by atoms with Crippen LogP contribution in [0.2, 0.25) is 0 Å². The minimum Gasteiger partial charge on any atom is -0.811 e. The molecule has 38 valence electrons. The zero-order chi connectivity index (χ0) is 4.50. The largest absolute Gasteiger partial charge is 2.00 e. The molecule has 0 aromatic heterocycles. The van der Waals surface area contributed by atoms with E-state index in [-0.39, 0.29) is 17.1 Å². The van der Waals surface area contributed by atoms with Gasteiger partial charge < -0.3 is 14.4 Å². The average Bonchev–Trinajstić information content (AvgIpc) is 0.722. The first-order valence-electron chi connectivity index (χ1n) is 0.995. The van der Waals surface area contributed by atoms with Crippen LogP contribution in [0, 0.1) is 0 Å². The molecule has 0 heterocycles. The van der Waals surface area contributed by atoms with E-state index in [0.717, 1.165) is 0 Å². The third-order valence-corrected chi connectivity index (χ3v) is 0. The first-order chi connectivity index (χ1) is 2.00. The van der Waals surface area contributed by atoms with Gasteiger partial charge in [0.25, 0.3) is 0 Å². The molecule has 5 heteroatoms. The standard InChI is InChI=1S/CH5O3P.Fe/c1-5(2,3)4;/h1H3,(H2,2,3,4);/q;+2/p-2. The van der Waals surface area contributed by atoms with Crippen LogP contribution < -0.4 is 9.79 Å². The summed E-state index contributed by atoms with van der Waals surface area (Å²) in [5, 5.41) is 0. The fourth-order valence-electron chi connectivity index (χ4n) is 0. The molecule has 0 saturated carbocycles. The summed E-state index contributed by atoms with van der Waals surface area (Å²) in [5.41, 5.74) is 0. The Bertz CT molecular complexity index is 56.9. The zero-order valence-corrected chi connectivity index (χ0v) is 5.02. The first kappa shape index (κ1) is 9.83. The molecule has 6 heavy (non-hydrogen) atoms. The summed E-state index contributed by atoms with van der Waals surface area (Å²) in [6, 6.07) is 0. The van der Waals surface area contributed by atoms with Crippen molar-refractivity contribution in [2.75, 3.05) is 6.66 Å². The number of hydrogen-bond donors (Lipinski definition) is 0. The van der Waals surface area contributed by atoms with E-state index in [4.69, 9.17) is 14.4 Å². The van der Waals surface area contributed by atoms with Crippen LogP contribution >= 0.6 is 7.60 Å². The molecule has 3 nitrogen and oxygen atoms in total. The molecule has 0 aromatic carbocycles. The summed E-state index contributed by atoms with van der Waals surface area (Å²) < 4.78 is 9.10. The Morgan fingerprint density at radius 1 is 1.50 bits per heavy atom. The normalized spacial score (nSPS) is 9.83. The molecule has 0 saturated heterocycles. The zero-order valence-electron chi connectivity index (χ0n) is 3.03. The van der Waals surface area contributed by atoms with E-state index < -0.39 is 7.60 Å². The molecular weight excluding hydrogens is 147 g/mol. The predicted molar refractivity (Wildman–Crippen MR) is 13.5 cm³/mol. The predicted octanol–water partition coefficient (Wildman–Crippen LogP) is -1.47. The minimum absolute atomic E-state index is 0. The van der Waals surface area contributed by atoms with Gasteiger partial charge in [-0.25, -0.2) is 0 Å². The maximum atomic E-state index is 9.10. The van der Waals surface area contributed by atoms with Crippen LogP contribution in [0.15, 0.2) is 0 Å². The molecule has 0 aliphatic carbocycles. The van der Waals surface area contributed by atoms with Gasteiger partial charge in [0.1, 0.15) is 0 Å². The van der Waals surface area contributed by atoms with Gasteiger partial charge in [0.05, 0.1) is 0 Å². The summed E-state index contributed by atoms with van der Waals surface area (Å²) in [6.07, 6.45) is 0. The second kappa shape index (κ2) is 2.78. The molecule has 0 fully saturated rings. The molecule has 0 spiro atoms. The van der Waals surface area contributed by atoms with Gasteiger partial charge in [-0.2, -0.15) is 0 Å².